The predicted molar refractivity (Wildman–Crippen MR) is 102 cm³/mol. The number of aromatic nitrogens is 2. The van der Waals surface area contributed by atoms with Gasteiger partial charge in [-0.15, -0.1) is 0 Å². The van der Waals surface area contributed by atoms with Crippen LogP contribution in [0.25, 0.3) is 22.0 Å². The van der Waals surface area contributed by atoms with Crippen LogP contribution in [0.2, 0.25) is 0 Å². The Labute approximate surface area is 151 Å². The molecular weight excluding hydrogens is 324 g/mol. The van der Waals surface area contributed by atoms with Crippen molar-refractivity contribution in [1.82, 2.24) is 9.97 Å². The Morgan fingerprint density at radius 2 is 1.88 bits per heavy atom. The summed E-state index contributed by atoms with van der Waals surface area (Å²) in [4.78, 5) is 20.1. The molecule has 0 amide bonds. The number of benzene rings is 2. The maximum atomic E-state index is 12.7. The number of aromatic amines is 1. The van der Waals surface area contributed by atoms with Crippen molar-refractivity contribution in [3.63, 3.8) is 0 Å². The smallest absolute Gasteiger partial charge is 0.340 e. The van der Waals surface area contributed by atoms with Crippen LogP contribution in [0.15, 0.2) is 73.1 Å². The summed E-state index contributed by atoms with van der Waals surface area (Å²) in [5.41, 5.74) is 5.30. The Bertz CT molecular complexity index is 1050. The van der Waals surface area contributed by atoms with E-state index in [2.05, 4.69) is 9.97 Å². The molecule has 2 heterocycles. The molecule has 4 heteroatoms. The van der Waals surface area contributed by atoms with E-state index >= 15 is 0 Å². The van der Waals surface area contributed by atoms with E-state index in [0.717, 1.165) is 33.3 Å². The fraction of sp³-hybridized carbons (Fsp3) is 0.0909. The van der Waals surface area contributed by atoms with Crippen molar-refractivity contribution in [3.05, 3.63) is 89.9 Å². The highest BCUT2D eigenvalue weighted by molar-refractivity contribution is 6.06. The Morgan fingerprint density at radius 3 is 2.65 bits per heavy atom. The molecule has 2 aromatic carbocycles. The highest BCUT2D eigenvalue weighted by atomic mass is 16.5. The number of aryl methyl sites for hydroxylation is 1. The molecule has 0 unspecified atom stereocenters. The van der Waals surface area contributed by atoms with Crippen molar-refractivity contribution >= 4 is 16.9 Å². The molecule has 0 aliphatic carbocycles. The molecule has 128 valence electrons. The monoisotopic (exact) mass is 342 g/mol. The Balaban J connectivity index is 1.67. The SMILES string of the molecule is Cc1[nH]c2ccc(-c3cccnc3)cc2c1C(=O)OCc1ccccc1. The number of fused-ring (bicyclic) bond motifs is 1. The van der Waals surface area contributed by atoms with Crippen LogP contribution in [0.4, 0.5) is 0 Å². The number of hydrogen-bond donors (Lipinski definition) is 1. The van der Waals surface area contributed by atoms with Gasteiger partial charge in [-0.05, 0) is 36.2 Å². The van der Waals surface area contributed by atoms with Crippen molar-refractivity contribution in [2.45, 2.75) is 13.5 Å². The van der Waals surface area contributed by atoms with Crippen molar-refractivity contribution in [2.24, 2.45) is 0 Å². The number of rotatable bonds is 4. The standard InChI is InChI=1S/C22H18N2O2/c1-15-21(22(25)26-14-16-6-3-2-4-7-16)19-12-17(9-10-20(19)24-15)18-8-5-11-23-13-18/h2-13,24H,14H2,1H3. The van der Waals surface area contributed by atoms with Crippen LogP contribution >= 0.6 is 0 Å². The minimum absolute atomic E-state index is 0.258. The number of hydrogen-bond acceptors (Lipinski definition) is 3. The van der Waals surface area contributed by atoms with E-state index in [4.69, 9.17) is 4.74 Å². The summed E-state index contributed by atoms with van der Waals surface area (Å²) in [7, 11) is 0. The third kappa shape index (κ3) is 3.09. The first kappa shape index (κ1) is 16.1. The van der Waals surface area contributed by atoms with Gasteiger partial charge in [0.1, 0.15) is 6.61 Å². The average Bonchev–Trinajstić information content (AvgIpc) is 3.02. The molecule has 2 aromatic heterocycles. The molecular formula is C22H18N2O2. The number of ether oxygens (including phenoxy) is 1. The lowest BCUT2D eigenvalue weighted by atomic mass is 10.0. The predicted octanol–water partition coefficient (Wildman–Crippen LogP) is 4.90. The lowest BCUT2D eigenvalue weighted by molar-refractivity contribution is 0.0474. The molecule has 1 N–H and O–H groups in total. The summed E-state index contributed by atoms with van der Waals surface area (Å²) in [6, 6.07) is 19.6. The van der Waals surface area contributed by atoms with Gasteiger partial charge in [0.25, 0.3) is 0 Å². The summed E-state index contributed by atoms with van der Waals surface area (Å²) >= 11 is 0. The van der Waals surface area contributed by atoms with Crippen LogP contribution in [0, 0.1) is 6.92 Å². The Morgan fingerprint density at radius 1 is 1.04 bits per heavy atom. The van der Waals surface area contributed by atoms with E-state index < -0.39 is 0 Å². The van der Waals surface area contributed by atoms with Crippen molar-refractivity contribution in [3.8, 4) is 11.1 Å². The van der Waals surface area contributed by atoms with Crippen LogP contribution in [0.3, 0.4) is 0 Å². The molecule has 0 saturated heterocycles. The topological polar surface area (TPSA) is 55.0 Å². The maximum Gasteiger partial charge on any atom is 0.340 e. The zero-order valence-electron chi connectivity index (χ0n) is 14.4. The maximum absolute atomic E-state index is 12.7. The fourth-order valence-corrected chi connectivity index (χ4v) is 3.10. The van der Waals surface area contributed by atoms with Gasteiger partial charge in [0.2, 0.25) is 0 Å². The molecule has 0 radical (unpaired) electrons. The molecule has 0 spiro atoms. The summed E-state index contributed by atoms with van der Waals surface area (Å²) < 4.78 is 5.54. The Hall–Kier alpha value is -3.40. The van der Waals surface area contributed by atoms with Gasteiger partial charge < -0.3 is 9.72 Å². The molecule has 4 rings (SSSR count). The number of carbonyl (C=O) groups excluding carboxylic acids is 1. The van der Waals surface area contributed by atoms with E-state index in [1.807, 2.05) is 73.8 Å². The van der Waals surface area contributed by atoms with Crippen LogP contribution in [-0.4, -0.2) is 15.9 Å². The minimum atomic E-state index is -0.319. The van der Waals surface area contributed by atoms with Crippen LogP contribution in [-0.2, 0) is 11.3 Å². The van der Waals surface area contributed by atoms with Gasteiger partial charge in [0.15, 0.2) is 0 Å². The third-order valence-electron chi connectivity index (χ3n) is 4.40. The number of H-pyrrole nitrogens is 1. The van der Waals surface area contributed by atoms with Gasteiger partial charge in [-0.2, -0.15) is 0 Å². The van der Waals surface area contributed by atoms with Gasteiger partial charge in [-0.25, -0.2) is 4.79 Å². The molecule has 0 aliphatic rings. The average molecular weight is 342 g/mol. The second kappa shape index (κ2) is 6.84. The molecule has 0 bridgehead atoms. The summed E-state index contributed by atoms with van der Waals surface area (Å²) in [5.74, 6) is -0.319. The highest BCUT2D eigenvalue weighted by Gasteiger charge is 2.18. The molecule has 4 nitrogen and oxygen atoms in total. The molecule has 4 aromatic rings. The van der Waals surface area contributed by atoms with E-state index in [9.17, 15) is 4.79 Å². The van der Waals surface area contributed by atoms with Crippen LogP contribution in [0.5, 0.6) is 0 Å². The molecule has 0 atom stereocenters. The largest absolute Gasteiger partial charge is 0.457 e. The number of pyridine rings is 1. The van der Waals surface area contributed by atoms with Crippen molar-refractivity contribution in [1.29, 1.82) is 0 Å². The Kier molecular flexibility index (Phi) is 4.23. The number of nitrogens with zero attached hydrogens (tertiary/aromatic N) is 1. The lowest BCUT2D eigenvalue weighted by Gasteiger charge is -2.06. The number of carbonyl (C=O) groups is 1. The van der Waals surface area contributed by atoms with E-state index in [-0.39, 0.29) is 12.6 Å². The van der Waals surface area contributed by atoms with E-state index in [0.29, 0.717) is 5.56 Å². The van der Waals surface area contributed by atoms with Gasteiger partial charge >= 0.3 is 5.97 Å². The zero-order chi connectivity index (χ0) is 17.9. The first-order valence-corrected chi connectivity index (χ1v) is 8.46. The second-order valence-electron chi connectivity index (χ2n) is 6.19. The lowest BCUT2D eigenvalue weighted by Crippen LogP contribution is -2.06. The zero-order valence-corrected chi connectivity index (χ0v) is 14.4. The van der Waals surface area contributed by atoms with Crippen molar-refractivity contribution < 1.29 is 9.53 Å². The van der Waals surface area contributed by atoms with Gasteiger partial charge in [0.05, 0.1) is 5.56 Å². The summed E-state index contributed by atoms with van der Waals surface area (Å²) in [6.45, 7) is 2.15. The highest BCUT2D eigenvalue weighted by Crippen LogP contribution is 2.28. The molecule has 26 heavy (non-hydrogen) atoms. The second-order valence-corrected chi connectivity index (χ2v) is 6.19. The minimum Gasteiger partial charge on any atom is -0.457 e. The van der Waals surface area contributed by atoms with Crippen LogP contribution < -0.4 is 0 Å². The van der Waals surface area contributed by atoms with Gasteiger partial charge in [0, 0.05) is 34.6 Å². The molecule has 0 aliphatic heterocycles. The first-order chi connectivity index (χ1) is 12.7. The molecule has 0 fully saturated rings. The summed E-state index contributed by atoms with van der Waals surface area (Å²) in [5, 5.41) is 0.863. The van der Waals surface area contributed by atoms with Crippen LogP contribution in [0.1, 0.15) is 21.6 Å². The fourth-order valence-electron chi connectivity index (χ4n) is 3.10. The van der Waals surface area contributed by atoms with Gasteiger partial charge in [-0.3, -0.25) is 4.98 Å². The van der Waals surface area contributed by atoms with E-state index in [1.54, 1.807) is 6.20 Å². The van der Waals surface area contributed by atoms with Gasteiger partial charge in [-0.1, -0.05) is 42.5 Å². The molecule has 0 saturated carbocycles. The van der Waals surface area contributed by atoms with E-state index in [1.165, 1.54) is 0 Å². The normalized spacial score (nSPS) is 10.8. The first-order valence-electron chi connectivity index (χ1n) is 8.46. The third-order valence-corrected chi connectivity index (χ3v) is 4.40. The number of nitrogens with one attached hydrogen (secondary N) is 1. The van der Waals surface area contributed by atoms with Crippen molar-refractivity contribution in [2.75, 3.05) is 0 Å². The quantitative estimate of drug-likeness (QED) is 0.537. The number of esters is 1. The summed E-state index contributed by atoms with van der Waals surface area (Å²) in [6.07, 6.45) is 3.56.